The van der Waals surface area contributed by atoms with Crippen LogP contribution < -0.4 is 16.2 Å². The van der Waals surface area contributed by atoms with E-state index in [0.717, 1.165) is 47.6 Å². The molecule has 0 atom stereocenters. The topological polar surface area (TPSA) is 124 Å². The van der Waals surface area contributed by atoms with E-state index >= 15 is 0 Å². The number of anilines is 2. The molecular formula is C15H20N4O4S. The lowest BCUT2D eigenvalue weighted by atomic mass is 10.0. The van der Waals surface area contributed by atoms with Gasteiger partial charge in [0.2, 0.25) is 0 Å². The SMILES string of the molecule is CNc1cccc(-c2n[nH]c(=O)c3c2NCCC3)c1.CS(=O)(=O)O. The van der Waals surface area contributed by atoms with Crippen LogP contribution in [0, 0.1) is 0 Å². The average Bonchev–Trinajstić information content (AvgIpc) is 2.54. The van der Waals surface area contributed by atoms with Crippen molar-refractivity contribution >= 4 is 21.5 Å². The fraction of sp³-hybridized carbons (Fsp3) is 0.333. The van der Waals surface area contributed by atoms with Crippen molar-refractivity contribution in [3.05, 3.63) is 40.2 Å². The van der Waals surface area contributed by atoms with Crippen LogP contribution in [0.5, 0.6) is 0 Å². The fourth-order valence-corrected chi connectivity index (χ4v) is 2.42. The molecule has 0 saturated carbocycles. The lowest BCUT2D eigenvalue weighted by Crippen LogP contribution is -2.24. The van der Waals surface area contributed by atoms with Gasteiger partial charge in [0.25, 0.3) is 15.7 Å². The van der Waals surface area contributed by atoms with Crippen LogP contribution in [0.2, 0.25) is 0 Å². The van der Waals surface area contributed by atoms with Crippen molar-refractivity contribution in [1.29, 1.82) is 0 Å². The second-order valence-corrected chi connectivity index (χ2v) is 6.82. The Kier molecular flexibility index (Phi) is 5.58. The minimum atomic E-state index is -3.67. The van der Waals surface area contributed by atoms with Crippen LogP contribution >= 0.6 is 0 Å². The summed E-state index contributed by atoms with van der Waals surface area (Å²) in [6, 6.07) is 7.99. The highest BCUT2D eigenvalue weighted by molar-refractivity contribution is 7.85. The number of nitrogens with one attached hydrogen (secondary N) is 3. The van der Waals surface area contributed by atoms with Gasteiger partial charge in [0.15, 0.2) is 0 Å². The van der Waals surface area contributed by atoms with E-state index in [1.807, 2.05) is 31.3 Å². The maximum Gasteiger partial charge on any atom is 0.269 e. The van der Waals surface area contributed by atoms with Crippen molar-refractivity contribution < 1.29 is 13.0 Å². The predicted molar refractivity (Wildman–Crippen MR) is 94.1 cm³/mol. The van der Waals surface area contributed by atoms with Gasteiger partial charge < -0.3 is 10.6 Å². The lowest BCUT2D eigenvalue weighted by Gasteiger charge is -2.19. The Morgan fingerprint density at radius 2 is 2.04 bits per heavy atom. The monoisotopic (exact) mass is 352 g/mol. The Morgan fingerprint density at radius 3 is 2.71 bits per heavy atom. The molecule has 9 heteroatoms. The smallest absolute Gasteiger partial charge is 0.269 e. The van der Waals surface area contributed by atoms with Gasteiger partial charge in [-0.3, -0.25) is 9.35 Å². The molecule has 2 aromatic rings. The Balaban J connectivity index is 0.000000368. The normalized spacial score (nSPS) is 13.1. The van der Waals surface area contributed by atoms with Crippen LogP contribution in [-0.2, 0) is 16.5 Å². The first-order valence-electron chi connectivity index (χ1n) is 7.35. The molecule has 0 saturated heterocycles. The first-order valence-corrected chi connectivity index (χ1v) is 9.20. The van der Waals surface area contributed by atoms with Gasteiger partial charge >= 0.3 is 0 Å². The summed E-state index contributed by atoms with van der Waals surface area (Å²) in [4.78, 5) is 11.8. The lowest BCUT2D eigenvalue weighted by molar-refractivity contribution is 0.490. The first kappa shape index (κ1) is 18.0. The highest BCUT2D eigenvalue weighted by atomic mass is 32.2. The summed E-state index contributed by atoms with van der Waals surface area (Å²) < 4.78 is 25.9. The van der Waals surface area contributed by atoms with Crippen molar-refractivity contribution in [1.82, 2.24) is 10.2 Å². The van der Waals surface area contributed by atoms with Crippen LogP contribution in [0.25, 0.3) is 11.3 Å². The largest absolute Gasteiger partial charge is 0.388 e. The number of benzene rings is 1. The quantitative estimate of drug-likeness (QED) is 0.601. The zero-order chi connectivity index (χ0) is 17.7. The van der Waals surface area contributed by atoms with E-state index < -0.39 is 10.1 Å². The minimum absolute atomic E-state index is 0.0873. The average molecular weight is 352 g/mol. The van der Waals surface area contributed by atoms with Gasteiger partial charge in [0.05, 0.1) is 11.9 Å². The summed E-state index contributed by atoms with van der Waals surface area (Å²) in [5.74, 6) is 0. The molecule has 0 bridgehead atoms. The second kappa shape index (κ2) is 7.45. The van der Waals surface area contributed by atoms with Crippen LogP contribution in [0.1, 0.15) is 12.0 Å². The molecule has 0 amide bonds. The molecule has 3 rings (SSSR count). The summed E-state index contributed by atoms with van der Waals surface area (Å²) in [5, 5.41) is 13.2. The van der Waals surface area contributed by atoms with Crippen LogP contribution in [0.3, 0.4) is 0 Å². The molecule has 0 fully saturated rings. The minimum Gasteiger partial charge on any atom is -0.388 e. The molecule has 2 heterocycles. The molecule has 1 aromatic carbocycles. The number of aromatic amines is 1. The molecule has 0 radical (unpaired) electrons. The zero-order valence-corrected chi connectivity index (χ0v) is 14.3. The van der Waals surface area contributed by atoms with Crippen LogP contribution in [0.4, 0.5) is 11.4 Å². The summed E-state index contributed by atoms with van der Waals surface area (Å²) in [5.41, 5.74) is 4.43. The van der Waals surface area contributed by atoms with Crippen LogP contribution in [-0.4, -0.2) is 43.0 Å². The van der Waals surface area contributed by atoms with E-state index in [9.17, 15) is 13.2 Å². The van der Waals surface area contributed by atoms with Crippen LogP contribution in [0.15, 0.2) is 29.1 Å². The van der Waals surface area contributed by atoms with Gasteiger partial charge in [-0.15, -0.1) is 0 Å². The molecule has 130 valence electrons. The van der Waals surface area contributed by atoms with Crippen molar-refractivity contribution in [2.45, 2.75) is 12.8 Å². The summed E-state index contributed by atoms with van der Waals surface area (Å²) in [7, 11) is -1.78. The number of H-pyrrole nitrogens is 1. The predicted octanol–water partition coefficient (Wildman–Crippen LogP) is 1.34. The van der Waals surface area contributed by atoms with Gasteiger partial charge in [-0.1, -0.05) is 12.1 Å². The van der Waals surface area contributed by atoms with Gasteiger partial charge in [0.1, 0.15) is 5.69 Å². The van der Waals surface area contributed by atoms with E-state index in [2.05, 4.69) is 20.8 Å². The molecule has 4 N–H and O–H groups in total. The van der Waals surface area contributed by atoms with Crippen molar-refractivity contribution in [2.24, 2.45) is 0 Å². The highest BCUT2D eigenvalue weighted by Gasteiger charge is 2.18. The molecule has 1 aromatic heterocycles. The second-order valence-electron chi connectivity index (χ2n) is 5.35. The summed E-state index contributed by atoms with van der Waals surface area (Å²) in [6.07, 6.45) is 2.50. The van der Waals surface area contributed by atoms with Crippen molar-refractivity contribution in [2.75, 3.05) is 30.5 Å². The third-order valence-corrected chi connectivity index (χ3v) is 3.41. The molecule has 0 aliphatic carbocycles. The molecule has 0 spiro atoms. The molecule has 8 nitrogen and oxygen atoms in total. The number of aromatic nitrogens is 2. The molecular weight excluding hydrogens is 332 g/mol. The number of rotatable bonds is 2. The van der Waals surface area contributed by atoms with Gasteiger partial charge in [-0.25, -0.2) is 5.10 Å². The third-order valence-electron chi connectivity index (χ3n) is 3.41. The molecule has 24 heavy (non-hydrogen) atoms. The van der Waals surface area contributed by atoms with E-state index in [0.29, 0.717) is 6.26 Å². The van der Waals surface area contributed by atoms with Gasteiger partial charge in [-0.05, 0) is 25.0 Å². The fourth-order valence-electron chi connectivity index (χ4n) is 2.42. The highest BCUT2D eigenvalue weighted by Crippen LogP contribution is 2.30. The van der Waals surface area contributed by atoms with E-state index in [-0.39, 0.29) is 5.56 Å². The Morgan fingerprint density at radius 1 is 1.33 bits per heavy atom. The Labute approximate surface area is 140 Å². The Bertz CT molecular complexity index is 869. The summed E-state index contributed by atoms with van der Waals surface area (Å²) in [6.45, 7) is 0.886. The summed E-state index contributed by atoms with van der Waals surface area (Å²) >= 11 is 0. The maximum absolute atomic E-state index is 11.8. The number of hydrogen-bond acceptors (Lipinski definition) is 6. The Hall–Kier alpha value is -2.39. The maximum atomic E-state index is 11.8. The standard InChI is InChI=1S/C14H16N4O.CH4O3S/c1-15-10-5-2-4-9(8-10)12-13-11(6-3-7-16-13)14(19)18-17-12;1-5(2,3)4/h2,4-5,8,15-16H,3,6-7H2,1H3,(H,18,19);1H3,(H,2,3,4). The van der Waals surface area contributed by atoms with E-state index in [1.165, 1.54) is 0 Å². The van der Waals surface area contributed by atoms with Crippen molar-refractivity contribution in [3.8, 4) is 11.3 Å². The third kappa shape index (κ3) is 4.80. The number of nitrogens with zero attached hydrogens (tertiary/aromatic N) is 1. The molecule has 1 aliphatic rings. The molecule has 0 unspecified atom stereocenters. The molecule has 1 aliphatic heterocycles. The van der Waals surface area contributed by atoms with E-state index in [1.54, 1.807) is 0 Å². The van der Waals surface area contributed by atoms with Crippen molar-refractivity contribution in [3.63, 3.8) is 0 Å². The zero-order valence-electron chi connectivity index (χ0n) is 13.5. The van der Waals surface area contributed by atoms with E-state index in [4.69, 9.17) is 4.55 Å². The van der Waals surface area contributed by atoms with Gasteiger partial charge in [-0.2, -0.15) is 13.5 Å². The number of hydrogen-bond donors (Lipinski definition) is 4. The first-order chi connectivity index (χ1) is 11.3. The van der Waals surface area contributed by atoms with Gasteiger partial charge in [0, 0.05) is 30.4 Å². The number of fused-ring (bicyclic) bond motifs is 1.